The number of hydrogen-bond acceptors (Lipinski definition) is 5. The number of aryl methyl sites for hydroxylation is 1. The fourth-order valence-corrected chi connectivity index (χ4v) is 2.70. The molecule has 0 aliphatic rings. The Balaban J connectivity index is 3.17. The quantitative estimate of drug-likeness (QED) is 0.794. The molecule has 1 aromatic rings. The summed E-state index contributed by atoms with van der Waals surface area (Å²) in [6.45, 7) is 8.73. The van der Waals surface area contributed by atoms with E-state index in [0.717, 1.165) is 5.56 Å². The third kappa shape index (κ3) is 4.71. The van der Waals surface area contributed by atoms with Crippen LogP contribution in [0.3, 0.4) is 0 Å². The molecule has 0 spiro atoms. The molecular weight excluding hydrogens is 306 g/mol. The van der Waals surface area contributed by atoms with E-state index in [1.165, 1.54) is 24.1 Å². The zero-order valence-corrected chi connectivity index (χ0v) is 14.7. The maximum Gasteiger partial charge on any atom is 0.414 e. The molecule has 22 heavy (non-hydrogen) atoms. The molecule has 0 saturated carbocycles. The van der Waals surface area contributed by atoms with Crippen molar-refractivity contribution in [1.29, 1.82) is 0 Å². The molecule has 124 valence electrons. The fraction of sp³-hybridized carbons (Fsp3) is 0.533. The van der Waals surface area contributed by atoms with Crippen molar-refractivity contribution in [3.05, 3.63) is 23.8 Å². The Morgan fingerprint density at radius 2 is 1.86 bits per heavy atom. The van der Waals surface area contributed by atoms with E-state index in [2.05, 4.69) is 0 Å². The molecule has 1 aromatic carbocycles. The summed E-state index contributed by atoms with van der Waals surface area (Å²) in [4.78, 5) is 13.4. The first-order chi connectivity index (χ1) is 9.98. The van der Waals surface area contributed by atoms with Crippen LogP contribution in [-0.2, 0) is 19.0 Å². The van der Waals surface area contributed by atoms with Crippen LogP contribution in [0.25, 0.3) is 0 Å². The van der Waals surface area contributed by atoms with Crippen LogP contribution in [0.4, 0.5) is 10.5 Å². The van der Waals surface area contributed by atoms with Crippen LogP contribution in [0.2, 0.25) is 0 Å². The van der Waals surface area contributed by atoms with Crippen molar-refractivity contribution in [3.63, 3.8) is 0 Å². The number of nitrogens with zero attached hydrogens (tertiary/aromatic N) is 1. The number of amides is 1. The summed E-state index contributed by atoms with van der Waals surface area (Å²) in [5, 5.41) is 0. The molecule has 0 saturated heterocycles. The topological polar surface area (TPSA) is 72.9 Å². The van der Waals surface area contributed by atoms with Crippen molar-refractivity contribution in [2.45, 2.75) is 45.1 Å². The van der Waals surface area contributed by atoms with Crippen molar-refractivity contribution in [2.75, 3.05) is 18.6 Å². The third-order valence-corrected chi connectivity index (χ3v) is 4.15. The van der Waals surface area contributed by atoms with Gasteiger partial charge < -0.3 is 4.74 Å². The second-order valence-electron chi connectivity index (χ2n) is 5.85. The molecule has 0 unspecified atom stereocenters. The Morgan fingerprint density at radius 1 is 1.27 bits per heavy atom. The Bertz CT molecular complexity index is 646. The van der Waals surface area contributed by atoms with Gasteiger partial charge in [-0.2, -0.15) is 8.42 Å². The predicted octanol–water partition coefficient (Wildman–Crippen LogP) is 3.09. The number of carbonyl (C=O) groups excluding carboxylic acids is 1. The highest BCUT2D eigenvalue weighted by atomic mass is 32.2. The largest absolute Gasteiger partial charge is 0.443 e. The van der Waals surface area contributed by atoms with Crippen LogP contribution in [-0.4, -0.2) is 33.8 Å². The number of ether oxygens (including phenoxy) is 1. The highest BCUT2D eigenvalue weighted by Gasteiger charge is 2.23. The zero-order chi connectivity index (χ0) is 17.1. The number of hydrogen-bond donors (Lipinski definition) is 0. The van der Waals surface area contributed by atoms with Gasteiger partial charge in [-0.15, -0.1) is 0 Å². The molecule has 0 aliphatic carbocycles. The smallest absolute Gasteiger partial charge is 0.414 e. The first-order valence-electron chi connectivity index (χ1n) is 6.94. The van der Waals surface area contributed by atoms with Crippen molar-refractivity contribution in [2.24, 2.45) is 0 Å². The lowest BCUT2D eigenvalue weighted by Crippen LogP contribution is -2.34. The molecule has 1 amide bonds. The normalized spacial score (nSPS) is 12.1. The van der Waals surface area contributed by atoms with E-state index in [1.54, 1.807) is 40.7 Å². The first-order valence-corrected chi connectivity index (χ1v) is 8.35. The molecular formula is C15H23NO5S. The van der Waals surface area contributed by atoms with Gasteiger partial charge in [-0.1, -0.05) is 6.07 Å². The maximum absolute atomic E-state index is 12.1. The summed E-state index contributed by atoms with van der Waals surface area (Å²) < 4.78 is 34.0. The van der Waals surface area contributed by atoms with Gasteiger partial charge in [0.05, 0.1) is 17.2 Å². The van der Waals surface area contributed by atoms with E-state index in [9.17, 15) is 13.2 Å². The summed E-state index contributed by atoms with van der Waals surface area (Å²) in [5.41, 5.74) is 0.577. The Morgan fingerprint density at radius 3 is 2.36 bits per heavy atom. The number of carbonyl (C=O) groups is 1. The average molecular weight is 329 g/mol. The first kappa shape index (κ1) is 18.4. The van der Waals surface area contributed by atoms with E-state index < -0.39 is 21.8 Å². The maximum atomic E-state index is 12.1. The van der Waals surface area contributed by atoms with Crippen molar-refractivity contribution in [1.82, 2.24) is 0 Å². The van der Waals surface area contributed by atoms with Gasteiger partial charge in [-0.25, -0.2) is 4.79 Å². The summed E-state index contributed by atoms with van der Waals surface area (Å²) in [6.07, 6.45) is -0.554. The number of rotatable bonds is 4. The average Bonchev–Trinajstić information content (AvgIpc) is 2.36. The highest BCUT2D eigenvalue weighted by Crippen LogP contribution is 2.25. The molecule has 7 heteroatoms. The minimum atomic E-state index is -3.82. The molecule has 0 N–H and O–H groups in total. The van der Waals surface area contributed by atoms with Gasteiger partial charge in [0.25, 0.3) is 10.1 Å². The molecule has 0 fully saturated rings. The Hall–Kier alpha value is -1.60. The van der Waals surface area contributed by atoms with Crippen molar-refractivity contribution < 1.29 is 22.1 Å². The molecule has 1 rings (SSSR count). The van der Waals surface area contributed by atoms with Crippen molar-refractivity contribution in [3.8, 4) is 0 Å². The van der Waals surface area contributed by atoms with E-state index in [0.29, 0.717) is 5.69 Å². The van der Waals surface area contributed by atoms with Crippen LogP contribution in [0.1, 0.15) is 33.3 Å². The standard InChI is InChI=1S/C15H23NO5S/c1-7-20-22(18,19)12-9-8-11(2)13(10-12)16(6)14(17)21-15(3,4)5/h8-10H,7H2,1-6H3. The molecule has 0 aromatic heterocycles. The second kappa shape index (κ2) is 6.66. The van der Waals surface area contributed by atoms with Gasteiger partial charge in [0, 0.05) is 7.05 Å². The van der Waals surface area contributed by atoms with Crippen LogP contribution < -0.4 is 4.90 Å². The van der Waals surface area contributed by atoms with Gasteiger partial charge in [-0.3, -0.25) is 9.08 Å². The Labute approximate surface area is 132 Å². The van der Waals surface area contributed by atoms with E-state index >= 15 is 0 Å². The molecule has 0 bridgehead atoms. The van der Waals surface area contributed by atoms with Gasteiger partial charge in [-0.05, 0) is 52.3 Å². The van der Waals surface area contributed by atoms with Gasteiger partial charge in [0.15, 0.2) is 0 Å². The van der Waals surface area contributed by atoms with Crippen LogP contribution in [0.5, 0.6) is 0 Å². The molecule has 0 aliphatic heterocycles. The number of benzene rings is 1. The van der Waals surface area contributed by atoms with Gasteiger partial charge >= 0.3 is 6.09 Å². The SMILES string of the molecule is CCOS(=O)(=O)c1ccc(C)c(N(C)C(=O)OC(C)(C)C)c1. The summed E-state index contributed by atoms with van der Waals surface area (Å²) in [7, 11) is -2.29. The van der Waals surface area contributed by atoms with Crippen LogP contribution in [0, 0.1) is 6.92 Å². The lowest BCUT2D eigenvalue weighted by molar-refractivity contribution is 0.0589. The molecule has 0 heterocycles. The minimum absolute atomic E-state index is 0.00496. The summed E-state index contributed by atoms with van der Waals surface area (Å²) >= 11 is 0. The Kier molecular flexibility index (Phi) is 5.59. The van der Waals surface area contributed by atoms with Crippen molar-refractivity contribution >= 4 is 21.9 Å². The van der Waals surface area contributed by atoms with Crippen LogP contribution in [0.15, 0.2) is 23.1 Å². The highest BCUT2D eigenvalue weighted by molar-refractivity contribution is 7.86. The second-order valence-corrected chi connectivity index (χ2v) is 7.46. The van der Waals surface area contributed by atoms with Crippen LogP contribution >= 0.6 is 0 Å². The molecule has 0 radical (unpaired) electrons. The van der Waals surface area contributed by atoms with E-state index in [-0.39, 0.29) is 11.5 Å². The fourth-order valence-electron chi connectivity index (χ4n) is 1.76. The third-order valence-electron chi connectivity index (χ3n) is 2.77. The van der Waals surface area contributed by atoms with E-state index in [4.69, 9.17) is 8.92 Å². The summed E-state index contributed by atoms with van der Waals surface area (Å²) in [6, 6.07) is 4.49. The summed E-state index contributed by atoms with van der Waals surface area (Å²) in [5.74, 6) is 0. The monoisotopic (exact) mass is 329 g/mol. The zero-order valence-electron chi connectivity index (χ0n) is 13.8. The van der Waals surface area contributed by atoms with Gasteiger partial charge in [0.2, 0.25) is 0 Å². The lowest BCUT2D eigenvalue weighted by Gasteiger charge is -2.25. The number of anilines is 1. The van der Waals surface area contributed by atoms with Gasteiger partial charge in [0.1, 0.15) is 5.60 Å². The predicted molar refractivity (Wildman–Crippen MR) is 84.6 cm³/mol. The minimum Gasteiger partial charge on any atom is -0.443 e. The molecule has 6 nitrogen and oxygen atoms in total. The molecule has 0 atom stereocenters. The van der Waals surface area contributed by atoms with E-state index in [1.807, 2.05) is 0 Å². The lowest BCUT2D eigenvalue weighted by atomic mass is 10.2.